The maximum absolute atomic E-state index is 12.5. The highest BCUT2D eigenvalue weighted by atomic mass is 16.5. The second-order valence-corrected chi connectivity index (χ2v) is 7.94. The highest BCUT2D eigenvalue weighted by Crippen LogP contribution is 2.23. The van der Waals surface area contributed by atoms with Crippen molar-refractivity contribution in [2.45, 2.75) is 77.2 Å². The second kappa shape index (κ2) is 9.16. The lowest BCUT2D eigenvalue weighted by molar-refractivity contribution is -0.132. The molecule has 0 bridgehead atoms. The van der Waals surface area contributed by atoms with Gasteiger partial charge in [-0.15, -0.1) is 0 Å². The number of benzene rings is 1. The number of amides is 1. The topological polar surface area (TPSA) is 59.2 Å². The molecule has 0 aliphatic heterocycles. The molecule has 27 heavy (non-hydrogen) atoms. The molecule has 0 saturated heterocycles. The molecule has 2 aromatic rings. The first-order valence-electron chi connectivity index (χ1n) is 10.2. The minimum absolute atomic E-state index is 0.169. The van der Waals surface area contributed by atoms with Gasteiger partial charge >= 0.3 is 0 Å². The summed E-state index contributed by atoms with van der Waals surface area (Å²) < 4.78 is 5.36. The lowest BCUT2D eigenvalue weighted by atomic mass is 10.0. The van der Waals surface area contributed by atoms with Crippen molar-refractivity contribution in [3.63, 3.8) is 0 Å². The first-order chi connectivity index (χ1) is 13.0. The number of hydrogen-bond acceptors (Lipinski definition) is 4. The quantitative estimate of drug-likeness (QED) is 0.674. The maximum Gasteiger partial charge on any atom is 0.227 e. The lowest BCUT2D eigenvalue weighted by Crippen LogP contribution is -2.36. The van der Waals surface area contributed by atoms with Crippen LogP contribution in [0.3, 0.4) is 0 Å². The van der Waals surface area contributed by atoms with E-state index in [0.29, 0.717) is 36.5 Å². The SMILES string of the molecule is CC(C)c1ccc(-c2noc(CCC(=O)N(C)C3CCCCCC3)n2)cc1. The highest BCUT2D eigenvalue weighted by Gasteiger charge is 2.21. The van der Waals surface area contributed by atoms with E-state index in [4.69, 9.17) is 4.52 Å². The molecule has 1 fully saturated rings. The summed E-state index contributed by atoms with van der Waals surface area (Å²) in [6, 6.07) is 8.63. The van der Waals surface area contributed by atoms with E-state index in [0.717, 1.165) is 18.4 Å². The van der Waals surface area contributed by atoms with Gasteiger partial charge in [0.1, 0.15) is 0 Å². The van der Waals surface area contributed by atoms with Crippen molar-refractivity contribution in [2.24, 2.45) is 0 Å². The van der Waals surface area contributed by atoms with Crippen molar-refractivity contribution in [3.05, 3.63) is 35.7 Å². The van der Waals surface area contributed by atoms with Crippen LogP contribution in [0.4, 0.5) is 0 Å². The van der Waals surface area contributed by atoms with Crippen molar-refractivity contribution in [1.82, 2.24) is 15.0 Å². The van der Waals surface area contributed by atoms with Crippen LogP contribution in [0.15, 0.2) is 28.8 Å². The Hall–Kier alpha value is -2.17. The largest absolute Gasteiger partial charge is 0.343 e. The zero-order chi connectivity index (χ0) is 19.2. The van der Waals surface area contributed by atoms with Crippen LogP contribution in [0, 0.1) is 0 Å². The van der Waals surface area contributed by atoms with Gasteiger partial charge in [0.25, 0.3) is 0 Å². The van der Waals surface area contributed by atoms with E-state index in [2.05, 4.69) is 36.1 Å². The molecule has 0 spiro atoms. The molecule has 1 saturated carbocycles. The Morgan fingerprint density at radius 1 is 1.15 bits per heavy atom. The zero-order valence-electron chi connectivity index (χ0n) is 16.8. The molecule has 0 N–H and O–H groups in total. The summed E-state index contributed by atoms with van der Waals surface area (Å²) in [5, 5.41) is 4.07. The third-order valence-electron chi connectivity index (χ3n) is 5.62. The number of nitrogens with zero attached hydrogens (tertiary/aromatic N) is 3. The Morgan fingerprint density at radius 2 is 1.81 bits per heavy atom. The summed E-state index contributed by atoms with van der Waals surface area (Å²) in [5.41, 5.74) is 2.23. The van der Waals surface area contributed by atoms with Gasteiger partial charge in [-0.3, -0.25) is 4.79 Å². The molecule has 3 rings (SSSR count). The van der Waals surface area contributed by atoms with Gasteiger partial charge in [0.15, 0.2) is 0 Å². The normalized spacial score (nSPS) is 15.7. The Labute approximate surface area is 162 Å². The first-order valence-corrected chi connectivity index (χ1v) is 10.2. The summed E-state index contributed by atoms with van der Waals surface area (Å²) in [6.07, 6.45) is 8.20. The fraction of sp³-hybridized carbons (Fsp3) is 0.591. The predicted molar refractivity (Wildman–Crippen MR) is 106 cm³/mol. The average Bonchev–Trinajstić information content (AvgIpc) is 2.99. The third-order valence-corrected chi connectivity index (χ3v) is 5.62. The Bertz CT molecular complexity index is 728. The van der Waals surface area contributed by atoms with E-state index in [1.807, 2.05) is 24.1 Å². The van der Waals surface area contributed by atoms with Gasteiger partial charge in [-0.25, -0.2) is 0 Å². The van der Waals surface area contributed by atoms with E-state index in [-0.39, 0.29) is 5.91 Å². The number of rotatable bonds is 6. The molecule has 1 heterocycles. The maximum atomic E-state index is 12.5. The Kier molecular flexibility index (Phi) is 6.64. The summed E-state index contributed by atoms with van der Waals surface area (Å²) in [7, 11) is 1.94. The smallest absolute Gasteiger partial charge is 0.227 e. The summed E-state index contributed by atoms with van der Waals surface area (Å²) in [5.74, 6) is 1.78. The van der Waals surface area contributed by atoms with Crippen LogP contribution in [0.25, 0.3) is 11.4 Å². The van der Waals surface area contributed by atoms with E-state index < -0.39 is 0 Å². The lowest BCUT2D eigenvalue weighted by Gasteiger charge is -2.27. The molecule has 0 atom stereocenters. The number of carbonyl (C=O) groups excluding carboxylic acids is 1. The molecule has 1 amide bonds. The van der Waals surface area contributed by atoms with Gasteiger partial charge < -0.3 is 9.42 Å². The van der Waals surface area contributed by atoms with Gasteiger partial charge in [0.2, 0.25) is 17.6 Å². The van der Waals surface area contributed by atoms with Crippen molar-refractivity contribution >= 4 is 5.91 Å². The number of carbonyl (C=O) groups is 1. The molecule has 0 radical (unpaired) electrons. The summed E-state index contributed by atoms with van der Waals surface area (Å²) >= 11 is 0. The minimum atomic E-state index is 0.169. The molecule has 1 aromatic carbocycles. The summed E-state index contributed by atoms with van der Waals surface area (Å²) in [6.45, 7) is 4.34. The van der Waals surface area contributed by atoms with Gasteiger partial charge in [-0.05, 0) is 24.3 Å². The van der Waals surface area contributed by atoms with Crippen LogP contribution < -0.4 is 0 Å². The molecule has 1 aliphatic rings. The van der Waals surface area contributed by atoms with Crippen LogP contribution in [-0.4, -0.2) is 34.0 Å². The fourth-order valence-corrected chi connectivity index (χ4v) is 3.73. The van der Waals surface area contributed by atoms with Crippen molar-refractivity contribution in [2.75, 3.05) is 7.05 Å². The van der Waals surface area contributed by atoms with Gasteiger partial charge in [-0.2, -0.15) is 4.98 Å². The zero-order valence-corrected chi connectivity index (χ0v) is 16.8. The van der Waals surface area contributed by atoms with Gasteiger partial charge in [0.05, 0.1) is 0 Å². The van der Waals surface area contributed by atoms with Crippen LogP contribution in [0.1, 0.15) is 76.2 Å². The standard InChI is InChI=1S/C22H31N3O2/c1-16(2)17-10-12-18(13-11-17)22-23-20(27-24-22)14-15-21(26)25(3)19-8-6-4-5-7-9-19/h10-13,16,19H,4-9,14-15H2,1-3H3. The number of aromatic nitrogens is 2. The van der Waals surface area contributed by atoms with E-state index >= 15 is 0 Å². The number of hydrogen-bond donors (Lipinski definition) is 0. The number of aryl methyl sites for hydroxylation is 1. The van der Waals surface area contributed by atoms with Crippen LogP contribution in [0.2, 0.25) is 0 Å². The highest BCUT2D eigenvalue weighted by molar-refractivity contribution is 5.76. The fourth-order valence-electron chi connectivity index (χ4n) is 3.73. The predicted octanol–water partition coefficient (Wildman–Crippen LogP) is 4.97. The van der Waals surface area contributed by atoms with Crippen molar-refractivity contribution in [3.8, 4) is 11.4 Å². The van der Waals surface area contributed by atoms with E-state index in [9.17, 15) is 4.79 Å². The van der Waals surface area contributed by atoms with Crippen molar-refractivity contribution < 1.29 is 9.32 Å². The molecule has 0 unspecified atom stereocenters. The van der Waals surface area contributed by atoms with Gasteiger partial charge in [0, 0.05) is 31.5 Å². The molecule has 1 aliphatic carbocycles. The average molecular weight is 370 g/mol. The molecule has 5 nitrogen and oxygen atoms in total. The Morgan fingerprint density at radius 3 is 2.44 bits per heavy atom. The molecule has 1 aromatic heterocycles. The minimum Gasteiger partial charge on any atom is -0.343 e. The molecular weight excluding hydrogens is 338 g/mol. The summed E-state index contributed by atoms with van der Waals surface area (Å²) in [4.78, 5) is 18.9. The first kappa shape index (κ1) is 19.6. The third kappa shape index (κ3) is 5.18. The second-order valence-electron chi connectivity index (χ2n) is 7.94. The van der Waals surface area contributed by atoms with E-state index in [1.54, 1.807) is 0 Å². The van der Waals surface area contributed by atoms with E-state index in [1.165, 1.54) is 31.2 Å². The molecule has 146 valence electrons. The van der Waals surface area contributed by atoms with Crippen LogP contribution >= 0.6 is 0 Å². The Balaban J connectivity index is 1.55. The molecule has 5 heteroatoms. The molecular formula is C22H31N3O2. The van der Waals surface area contributed by atoms with Crippen LogP contribution in [-0.2, 0) is 11.2 Å². The van der Waals surface area contributed by atoms with Gasteiger partial charge in [-0.1, -0.05) is 69.0 Å². The van der Waals surface area contributed by atoms with Crippen molar-refractivity contribution in [1.29, 1.82) is 0 Å². The van der Waals surface area contributed by atoms with Crippen LogP contribution in [0.5, 0.6) is 0 Å². The monoisotopic (exact) mass is 369 g/mol.